The van der Waals surface area contributed by atoms with Gasteiger partial charge < -0.3 is 15.2 Å². The van der Waals surface area contributed by atoms with Crippen molar-refractivity contribution in [1.29, 1.82) is 0 Å². The molecule has 0 unspecified atom stereocenters. The summed E-state index contributed by atoms with van der Waals surface area (Å²) in [5.74, 6) is 1.50. The fraction of sp³-hybridized carbons (Fsp3) is 0.667. The molecule has 1 aromatic heterocycles. The highest BCUT2D eigenvalue weighted by Gasteiger charge is 2.05. The molecule has 0 atom stereocenters. The van der Waals surface area contributed by atoms with Gasteiger partial charge in [0.25, 0.3) is 0 Å². The maximum absolute atomic E-state index is 5.71. The quantitative estimate of drug-likeness (QED) is 0.697. The molecule has 1 heterocycles. The number of hydrogen-bond donors (Lipinski definition) is 1. The molecule has 0 aliphatic rings. The van der Waals surface area contributed by atoms with Crippen molar-refractivity contribution in [2.45, 2.75) is 33.6 Å². The van der Waals surface area contributed by atoms with E-state index >= 15 is 0 Å². The van der Waals surface area contributed by atoms with E-state index in [0.717, 1.165) is 36.6 Å². The van der Waals surface area contributed by atoms with Crippen molar-refractivity contribution < 1.29 is 9.47 Å². The number of aromatic nitrogens is 1. The topological polar surface area (TPSA) is 57.4 Å². The standard InChI is InChI=1S/C15H26N2O2/c1-12(2)7-9-18-10-11-19-15-5-4-13(3)17-14(15)6-8-16/h4-5,12H,6-11,16H2,1-3H3. The van der Waals surface area contributed by atoms with Crippen LogP contribution in [-0.4, -0.2) is 31.3 Å². The normalized spacial score (nSPS) is 11.0. The smallest absolute Gasteiger partial charge is 0.140 e. The van der Waals surface area contributed by atoms with Gasteiger partial charge in [-0.3, -0.25) is 4.98 Å². The van der Waals surface area contributed by atoms with E-state index in [-0.39, 0.29) is 0 Å². The average Bonchev–Trinajstić information content (AvgIpc) is 2.36. The molecule has 0 amide bonds. The highest BCUT2D eigenvalue weighted by molar-refractivity contribution is 5.29. The maximum atomic E-state index is 5.71. The van der Waals surface area contributed by atoms with Crippen LogP contribution in [0.3, 0.4) is 0 Å². The van der Waals surface area contributed by atoms with Crippen LogP contribution in [0.4, 0.5) is 0 Å². The van der Waals surface area contributed by atoms with E-state index in [1.165, 1.54) is 0 Å². The highest BCUT2D eigenvalue weighted by Crippen LogP contribution is 2.17. The van der Waals surface area contributed by atoms with Crippen LogP contribution >= 0.6 is 0 Å². The lowest BCUT2D eigenvalue weighted by Crippen LogP contribution is -2.12. The Kier molecular flexibility index (Phi) is 7.45. The van der Waals surface area contributed by atoms with Crippen molar-refractivity contribution in [1.82, 2.24) is 4.98 Å². The molecular formula is C15H26N2O2. The van der Waals surface area contributed by atoms with Crippen molar-refractivity contribution in [3.8, 4) is 5.75 Å². The minimum absolute atomic E-state index is 0.556. The Bertz CT molecular complexity index is 367. The van der Waals surface area contributed by atoms with Crippen LogP contribution in [0.25, 0.3) is 0 Å². The Morgan fingerprint density at radius 2 is 2.00 bits per heavy atom. The van der Waals surface area contributed by atoms with Crippen molar-refractivity contribution in [3.63, 3.8) is 0 Å². The SMILES string of the molecule is Cc1ccc(OCCOCCC(C)C)c(CCN)n1. The second-order valence-electron chi connectivity index (χ2n) is 5.08. The molecule has 108 valence electrons. The molecule has 0 aromatic carbocycles. The number of hydrogen-bond acceptors (Lipinski definition) is 4. The lowest BCUT2D eigenvalue weighted by atomic mass is 10.1. The molecule has 0 radical (unpaired) electrons. The largest absolute Gasteiger partial charge is 0.489 e. The first kappa shape index (κ1) is 15.9. The van der Waals surface area contributed by atoms with Crippen LogP contribution < -0.4 is 10.5 Å². The summed E-state index contributed by atoms with van der Waals surface area (Å²) in [6.07, 6.45) is 1.83. The second kappa shape index (κ2) is 8.88. The van der Waals surface area contributed by atoms with Gasteiger partial charge in [-0.05, 0) is 37.9 Å². The maximum Gasteiger partial charge on any atom is 0.140 e. The molecule has 0 bridgehead atoms. The average molecular weight is 266 g/mol. The highest BCUT2D eigenvalue weighted by atomic mass is 16.5. The summed E-state index contributed by atoms with van der Waals surface area (Å²) in [6.45, 7) is 8.90. The van der Waals surface area contributed by atoms with Crippen molar-refractivity contribution >= 4 is 0 Å². The third kappa shape index (κ3) is 6.55. The number of nitrogens with zero attached hydrogens (tertiary/aromatic N) is 1. The predicted octanol–water partition coefficient (Wildman–Crippen LogP) is 2.33. The first-order valence-electron chi connectivity index (χ1n) is 7.00. The van der Waals surface area contributed by atoms with E-state index in [4.69, 9.17) is 15.2 Å². The number of pyridine rings is 1. The van der Waals surface area contributed by atoms with Crippen LogP contribution in [-0.2, 0) is 11.2 Å². The van der Waals surface area contributed by atoms with E-state index in [0.29, 0.717) is 25.7 Å². The van der Waals surface area contributed by atoms with Gasteiger partial charge >= 0.3 is 0 Å². The van der Waals surface area contributed by atoms with E-state index in [1.54, 1.807) is 0 Å². The molecule has 0 aliphatic heterocycles. The van der Waals surface area contributed by atoms with E-state index in [2.05, 4.69) is 18.8 Å². The molecule has 0 saturated heterocycles. The summed E-state index contributed by atoms with van der Waals surface area (Å²) < 4.78 is 11.2. The number of nitrogens with two attached hydrogens (primary N) is 1. The van der Waals surface area contributed by atoms with Gasteiger partial charge in [0.2, 0.25) is 0 Å². The van der Waals surface area contributed by atoms with Crippen molar-refractivity contribution in [2.24, 2.45) is 11.7 Å². The zero-order chi connectivity index (χ0) is 14.1. The molecule has 0 aliphatic carbocycles. The van der Waals surface area contributed by atoms with E-state index in [1.807, 2.05) is 19.1 Å². The lowest BCUT2D eigenvalue weighted by Gasteiger charge is -2.11. The van der Waals surface area contributed by atoms with Crippen LogP contribution in [0.15, 0.2) is 12.1 Å². The number of ether oxygens (including phenoxy) is 2. The molecule has 1 aromatic rings. The van der Waals surface area contributed by atoms with Crippen LogP contribution in [0.2, 0.25) is 0 Å². The summed E-state index contributed by atoms with van der Waals surface area (Å²) in [5.41, 5.74) is 7.51. The monoisotopic (exact) mass is 266 g/mol. The Hall–Kier alpha value is -1.13. The Morgan fingerprint density at radius 1 is 1.21 bits per heavy atom. The molecule has 0 fully saturated rings. The minimum Gasteiger partial charge on any atom is -0.489 e. The van der Waals surface area contributed by atoms with Gasteiger partial charge in [0.05, 0.1) is 12.3 Å². The van der Waals surface area contributed by atoms with Crippen LogP contribution in [0, 0.1) is 12.8 Å². The summed E-state index contributed by atoms with van der Waals surface area (Å²) >= 11 is 0. The third-order valence-corrected chi connectivity index (χ3v) is 2.78. The fourth-order valence-corrected chi connectivity index (χ4v) is 1.68. The van der Waals surface area contributed by atoms with E-state index < -0.39 is 0 Å². The number of rotatable bonds is 9. The molecule has 4 nitrogen and oxygen atoms in total. The first-order valence-corrected chi connectivity index (χ1v) is 7.00. The number of aryl methyl sites for hydroxylation is 1. The van der Waals surface area contributed by atoms with Gasteiger partial charge in [0.15, 0.2) is 0 Å². The zero-order valence-electron chi connectivity index (χ0n) is 12.3. The van der Waals surface area contributed by atoms with Gasteiger partial charge in [-0.1, -0.05) is 13.8 Å². The lowest BCUT2D eigenvalue weighted by molar-refractivity contribution is 0.0921. The Morgan fingerprint density at radius 3 is 2.68 bits per heavy atom. The molecular weight excluding hydrogens is 240 g/mol. The molecule has 0 saturated carbocycles. The van der Waals surface area contributed by atoms with Crippen LogP contribution in [0.1, 0.15) is 31.7 Å². The van der Waals surface area contributed by atoms with E-state index in [9.17, 15) is 0 Å². The second-order valence-corrected chi connectivity index (χ2v) is 5.08. The first-order chi connectivity index (χ1) is 9.13. The third-order valence-electron chi connectivity index (χ3n) is 2.78. The summed E-state index contributed by atoms with van der Waals surface area (Å²) in [4.78, 5) is 4.46. The Labute approximate surface area is 116 Å². The molecule has 0 spiro atoms. The molecule has 1 rings (SSSR count). The molecule has 2 N–H and O–H groups in total. The van der Waals surface area contributed by atoms with Gasteiger partial charge in [-0.15, -0.1) is 0 Å². The van der Waals surface area contributed by atoms with Crippen molar-refractivity contribution in [3.05, 3.63) is 23.5 Å². The van der Waals surface area contributed by atoms with Crippen LogP contribution in [0.5, 0.6) is 5.75 Å². The van der Waals surface area contributed by atoms with Gasteiger partial charge in [0.1, 0.15) is 12.4 Å². The zero-order valence-corrected chi connectivity index (χ0v) is 12.3. The van der Waals surface area contributed by atoms with Crippen molar-refractivity contribution in [2.75, 3.05) is 26.4 Å². The molecule has 4 heteroatoms. The van der Waals surface area contributed by atoms with Gasteiger partial charge in [-0.25, -0.2) is 0 Å². The predicted molar refractivity (Wildman–Crippen MR) is 77.5 cm³/mol. The fourth-order valence-electron chi connectivity index (χ4n) is 1.68. The summed E-state index contributed by atoms with van der Waals surface area (Å²) in [5, 5.41) is 0. The minimum atomic E-state index is 0.556. The van der Waals surface area contributed by atoms with Gasteiger partial charge in [-0.2, -0.15) is 0 Å². The Balaban J connectivity index is 2.32. The summed E-state index contributed by atoms with van der Waals surface area (Å²) in [6, 6.07) is 3.91. The van der Waals surface area contributed by atoms with Gasteiger partial charge in [0, 0.05) is 18.7 Å². The summed E-state index contributed by atoms with van der Waals surface area (Å²) in [7, 11) is 0. The molecule has 19 heavy (non-hydrogen) atoms.